The Hall–Kier alpha value is -2.23. The van der Waals surface area contributed by atoms with Gasteiger partial charge in [0.15, 0.2) is 5.82 Å². The summed E-state index contributed by atoms with van der Waals surface area (Å²) in [7, 11) is 1.46. The van der Waals surface area contributed by atoms with Crippen LogP contribution in [0.1, 0.15) is 16.1 Å². The van der Waals surface area contributed by atoms with Gasteiger partial charge in [-0.1, -0.05) is 12.1 Å². The standard InChI is InChI=1S/C13H10FNO2/c1-17-11-7-3-2-5-9(11)13(16)12-10(14)6-4-8-15-12/h2-8H,1H3. The van der Waals surface area contributed by atoms with Gasteiger partial charge in [0.25, 0.3) is 0 Å². The maximum atomic E-state index is 13.4. The van der Waals surface area contributed by atoms with Gasteiger partial charge >= 0.3 is 0 Å². The Kier molecular flexibility index (Phi) is 3.14. The number of rotatable bonds is 3. The molecule has 3 nitrogen and oxygen atoms in total. The van der Waals surface area contributed by atoms with Crippen molar-refractivity contribution in [2.45, 2.75) is 0 Å². The molecule has 0 atom stereocenters. The second-order valence-electron chi connectivity index (χ2n) is 3.36. The molecule has 0 spiro atoms. The Bertz CT molecular complexity index is 555. The maximum Gasteiger partial charge on any atom is 0.218 e. The van der Waals surface area contributed by atoms with E-state index >= 15 is 0 Å². The smallest absolute Gasteiger partial charge is 0.218 e. The molecular weight excluding hydrogens is 221 g/mol. The molecule has 0 amide bonds. The van der Waals surface area contributed by atoms with Gasteiger partial charge in [-0.15, -0.1) is 0 Å². The van der Waals surface area contributed by atoms with Crippen LogP contribution in [0.4, 0.5) is 4.39 Å². The molecule has 0 aliphatic heterocycles. The molecule has 17 heavy (non-hydrogen) atoms. The van der Waals surface area contributed by atoms with Crippen molar-refractivity contribution in [3.63, 3.8) is 0 Å². The summed E-state index contributed by atoms with van der Waals surface area (Å²) in [4.78, 5) is 15.8. The number of hydrogen-bond acceptors (Lipinski definition) is 3. The lowest BCUT2D eigenvalue weighted by atomic mass is 10.1. The zero-order valence-corrected chi connectivity index (χ0v) is 9.18. The zero-order chi connectivity index (χ0) is 12.3. The third-order valence-corrected chi connectivity index (χ3v) is 2.33. The Balaban J connectivity index is 2.48. The van der Waals surface area contributed by atoms with Crippen molar-refractivity contribution in [3.8, 4) is 5.75 Å². The second kappa shape index (κ2) is 4.74. The second-order valence-corrected chi connectivity index (χ2v) is 3.36. The first kappa shape index (κ1) is 11.3. The summed E-state index contributed by atoms with van der Waals surface area (Å²) in [5, 5.41) is 0. The Morgan fingerprint density at radius 2 is 2.00 bits per heavy atom. The van der Waals surface area contributed by atoms with Crippen molar-refractivity contribution in [1.29, 1.82) is 0 Å². The summed E-state index contributed by atoms with van der Waals surface area (Å²) >= 11 is 0. The van der Waals surface area contributed by atoms with E-state index in [9.17, 15) is 9.18 Å². The van der Waals surface area contributed by atoms with E-state index in [1.807, 2.05) is 0 Å². The molecule has 86 valence electrons. The van der Waals surface area contributed by atoms with Crippen LogP contribution in [0.15, 0.2) is 42.6 Å². The first-order chi connectivity index (χ1) is 8.24. The number of hydrogen-bond donors (Lipinski definition) is 0. The van der Waals surface area contributed by atoms with Gasteiger partial charge < -0.3 is 4.74 Å². The molecule has 4 heteroatoms. The minimum atomic E-state index is -0.636. The van der Waals surface area contributed by atoms with E-state index in [4.69, 9.17) is 4.74 Å². The predicted octanol–water partition coefficient (Wildman–Crippen LogP) is 2.46. The molecular formula is C13H10FNO2. The lowest BCUT2D eigenvalue weighted by Gasteiger charge is -2.06. The number of para-hydroxylation sites is 1. The molecule has 2 rings (SSSR count). The summed E-state index contributed by atoms with van der Waals surface area (Å²) in [6.45, 7) is 0. The van der Waals surface area contributed by atoms with Crippen LogP contribution >= 0.6 is 0 Å². The summed E-state index contributed by atoms with van der Waals surface area (Å²) in [6.07, 6.45) is 1.38. The van der Waals surface area contributed by atoms with Gasteiger partial charge in [-0.2, -0.15) is 0 Å². The first-order valence-corrected chi connectivity index (χ1v) is 5.02. The quantitative estimate of drug-likeness (QED) is 0.762. The molecule has 0 aliphatic carbocycles. The third-order valence-electron chi connectivity index (χ3n) is 2.33. The molecule has 0 bridgehead atoms. The van der Waals surface area contributed by atoms with Crippen LogP contribution in [0.2, 0.25) is 0 Å². The van der Waals surface area contributed by atoms with E-state index in [1.54, 1.807) is 24.3 Å². The van der Waals surface area contributed by atoms with Crippen LogP contribution in [0.25, 0.3) is 0 Å². The molecule has 0 N–H and O–H groups in total. The van der Waals surface area contributed by atoms with Crippen LogP contribution in [-0.4, -0.2) is 17.9 Å². The number of ether oxygens (including phenoxy) is 1. The monoisotopic (exact) mass is 231 g/mol. The molecule has 1 heterocycles. The highest BCUT2D eigenvalue weighted by molar-refractivity contribution is 6.09. The van der Waals surface area contributed by atoms with Crippen molar-refractivity contribution in [2.75, 3.05) is 7.11 Å². The number of benzene rings is 1. The minimum absolute atomic E-state index is 0.197. The van der Waals surface area contributed by atoms with Crippen LogP contribution < -0.4 is 4.74 Å². The van der Waals surface area contributed by atoms with Crippen LogP contribution in [0.5, 0.6) is 5.75 Å². The molecule has 0 saturated heterocycles. The van der Waals surface area contributed by atoms with E-state index in [1.165, 1.54) is 25.4 Å². The fourth-order valence-corrected chi connectivity index (χ4v) is 1.51. The highest BCUT2D eigenvalue weighted by Crippen LogP contribution is 2.21. The number of aromatic nitrogens is 1. The Morgan fingerprint density at radius 3 is 2.71 bits per heavy atom. The number of carbonyl (C=O) groups is 1. The topological polar surface area (TPSA) is 39.2 Å². The number of ketones is 1. The number of pyridine rings is 1. The van der Waals surface area contributed by atoms with E-state index in [0.717, 1.165) is 0 Å². The van der Waals surface area contributed by atoms with Crippen molar-refractivity contribution >= 4 is 5.78 Å². The molecule has 1 aromatic heterocycles. The van der Waals surface area contributed by atoms with Gasteiger partial charge in [0.2, 0.25) is 5.78 Å². The number of carbonyl (C=O) groups excluding carboxylic acids is 1. The van der Waals surface area contributed by atoms with Gasteiger partial charge in [-0.3, -0.25) is 4.79 Å². The molecule has 0 aliphatic rings. The highest BCUT2D eigenvalue weighted by atomic mass is 19.1. The van der Waals surface area contributed by atoms with Crippen LogP contribution in [0.3, 0.4) is 0 Å². The number of nitrogens with zero attached hydrogens (tertiary/aromatic N) is 1. The number of methoxy groups -OCH3 is 1. The third kappa shape index (κ3) is 2.15. The molecule has 0 radical (unpaired) electrons. The zero-order valence-electron chi connectivity index (χ0n) is 9.18. The first-order valence-electron chi connectivity index (χ1n) is 5.02. The summed E-state index contributed by atoms with van der Waals surface area (Å²) in [6, 6.07) is 9.30. The average Bonchev–Trinajstić information content (AvgIpc) is 2.38. The normalized spacial score (nSPS) is 10.0. The SMILES string of the molecule is COc1ccccc1C(=O)c1ncccc1F. The van der Waals surface area contributed by atoms with E-state index in [0.29, 0.717) is 11.3 Å². The van der Waals surface area contributed by atoms with Crippen LogP contribution in [-0.2, 0) is 0 Å². The van der Waals surface area contributed by atoms with Gasteiger partial charge in [0.05, 0.1) is 12.7 Å². The van der Waals surface area contributed by atoms with Crippen molar-refractivity contribution in [3.05, 3.63) is 59.7 Å². The molecule has 2 aromatic rings. The van der Waals surface area contributed by atoms with Crippen molar-refractivity contribution < 1.29 is 13.9 Å². The Labute approximate surface area is 97.9 Å². The van der Waals surface area contributed by atoms with E-state index < -0.39 is 11.6 Å². The van der Waals surface area contributed by atoms with Crippen LogP contribution in [0, 0.1) is 5.82 Å². The lowest BCUT2D eigenvalue weighted by Crippen LogP contribution is -2.08. The fraction of sp³-hybridized carbons (Fsp3) is 0.0769. The lowest BCUT2D eigenvalue weighted by molar-refractivity contribution is 0.102. The highest BCUT2D eigenvalue weighted by Gasteiger charge is 2.18. The van der Waals surface area contributed by atoms with E-state index in [-0.39, 0.29) is 5.69 Å². The minimum Gasteiger partial charge on any atom is -0.496 e. The van der Waals surface area contributed by atoms with Gasteiger partial charge in [-0.25, -0.2) is 9.37 Å². The van der Waals surface area contributed by atoms with Gasteiger partial charge in [-0.05, 0) is 24.3 Å². The van der Waals surface area contributed by atoms with Gasteiger partial charge in [0, 0.05) is 6.20 Å². The van der Waals surface area contributed by atoms with Crippen molar-refractivity contribution in [2.24, 2.45) is 0 Å². The summed E-state index contributed by atoms with van der Waals surface area (Å²) in [5.41, 5.74) is 0.101. The summed E-state index contributed by atoms with van der Waals surface area (Å²) in [5.74, 6) is -0.716. The number of halogens is 1. The largest absolute Gasteiger partial charge is 0.496 e. The molecule has 1 aromatic carbocycles. The average molecular weight is 231 g/mol. The van der Waals surface area contributed by atoms with E-state index in [2.05, 4.69) is 4.98 Å². The molecule has 0 saturated carbocycles. The summed E-state index contributed by atoms with van der Waals surface area (Å²) < 4.78 is 18.5. The maximum absolute atomic E-state index is 13.4. The molecule has 0 fully saturated rings. The Morgan fingerprint density at radius 1 is 1.24 bits per heavy atom. The van der Waals surface area contributed by atoms with Crippen molar-refractivity contribution in [1.82, 2.24) is 4.98 Å². The predicted molar refractivity (Wildman–Crippen MR) is 60.6 cm³/mol. The molecule has 0 unspecified atom stereocenters. The fourth-order valence-electron chi connectivity index (χ4n) is 1.51. The van der Waals surface area contributed by atoms with Gasteiger partial charge in [0.1, 0.15) is 11.4 Å².